The van der Waals surface area contributed by atoms with Crippen LogP contribution in [0.2, 0.25) is 0 Å². The highest BCUT2D eigenvalue weighted by atomic mass is 16.5. The van der Waals surface area contributed by atoms with Crippen LogP contribution in [0.4, 0.5) is 0 Å². The number of likely N-dealkylation sites (N-methyl/N-ethyl adjacent to an activating group) is 1. The maximum atomic E-state index is 12.2. The predicted molar refractivity (Wildman–Crippen MR) is 98.0 cm³/mol. The number of hydrogen-bond acceptors (Lipinski definition) is 4. The monoisotopic (exact) mass is 347 g/mol. The van der Waals surface area contributed by atoms with E-state index in [1.807, 2.05) is 13.0 Å². The van der Waals surface area contributed by atoms with E-state index >= 15 is 0 Å². The molecule has 1 aromatic carbocycles. The van der Waals surface area contributed by atoms with E-state index in [-0.39, 0.29) is 17.9 Å². The van der Waals surface area contributed by atoms with E-state index in [4.69, 9.17) is 4.74 Å². The lowest BCUT2D eigenvalue weighted by molar-refractivity contribution is -0.133. The zero-order valence-electron chi connectivity index (χ0n) is 15.7. The summed E-state index contributed by atoms with van der Waals surface area (Å²) in [6.45, 7) is 4.31. The Hall–Kier alpha value is -2.08. The van der Waals surface area contributed by atoms with Crippen molar-refractivity contribution in [3.05, 3.63) is 29.3 Å². The molecule has 1 atom stereocenters. The standard InChI is InChI=1S/C19H29N3O3/c1-14-8-9-15(13-17(14)25-4)18(23)20-10-6-12-22-11-5-7-16(22)19(24)21(2)3/h8-9,13,16H,5-7,10-12H2,1-4H3,(H,20,23)/t16-/m1/s1. The molecule has 138 valence electrons. The Balaban J connectivity index is 1.79. The molecule has 1 aliphatic rings. The van der Waals surface area contributed by atoms with Crippen molar-refractivity contribution >= 4 is 11.8 Å². The van der Waals surface area contributed by atoms with Gasteiger partial charge in [0.15, 0.2) is 0 Å². The topological polar surface area (TPSA) is 61.9 Å². The largest absolute Gasteiger partial charge is 0.496 e. The van der Waals surface area contributed by atoms with Crippen LogP contribution < -0.4 is 10.1 Å². The smallest absolute Gasteiger partial charge is 0.251 e. The summed E-state index contributed by atoms with van der Waals surface area (Å²) in [5, 5.41) is 2.94. The van der Waals surface area contributed by atoms with Crippen LogP contribution in [0.3, 0.4) is 0 Å². The number of rotatable bonds is 7. The Kier molecular flexibility index (Phi) is 6.82. The first-order chi connectivity index (χ1) is 11.9. The number of amides is 2. The molecule has 0 saturated carbocycles. The average Bonchev–Trinajstić information content (AvgIpc) is 3.06. The van der Waals surface area contributed by atoms with Gasteiger partial charge in [-0.2, -0.15) is 0 Å². The zero-order chi connectivity index (χ0) is 18.4. The van der Waals surface area contributed by atoms with Crippen molar-refractivity contribution in [3.63, 3.8) is 0 Å². The molecular formula is C19H29N3O3. The molecule has 1 aromatic rings. The van der Waals surface area contributed by atoms with Gasteiger partial charge in [-0.1, -0.05) is 6.07 Å². The van der Waals surface area contributed by atoms with E-state index in [2.05, 4.69) is 10.2 Å². The summed E-state index contributed by atoms with van der Waals surface area (Å²) in [4.78, 5) is 28.3. The summed E-state index contributed by atoms with van der Waals surface area (Å²) < 4.78 is 5.26. The van der Waals surface area contributed by atoms with Crippen LogP contribution in [0.5, 0.6) is 5.75 Å². The van der Waals surface area contributed by atoms with Crippen molar-refractivity contribution in [2.24, 2.45) is 0 Å². The van der Waals surface area contributed by atoms with Crippen LogP contribution >= 0.6 is 0 Å². The number of carbonyl (C=O) groups excluding carboxylic acids is 2. The summed E-state index contributed by atoms with van der Waals surface area (Å²) >= 11 is 0. The van der Waals surface area contributed by atoms with Crippen LogP contribution in [0.15, 0.2) is 18.2 Å². The van der Waals surface area contributed by atoms with Gasteiger partial charge in [0.05, 0.1) is 13.2 Å². The van der Waals surface area contributed by atoms with Gasteiger partial charge < -0.3 is 15.0 Å². The minimum Gasteiger partial charge on any atom is -0.496 e. The third-order valence-electron chi connectivity index (χ3n) is 4.67. The molecule has 25 heavy (non-hydrogen) atoms. The predicted octanol–water partition coefficient (Wildman–Crippen LogP) is 1.68. The molecule has 2 amide bonds. The number of likely N-dealkylation sites (tertiary alicyclic amines) is 1. The third-order valence-corrected chi connectivity index (χ3v) is 4.67. The van der Waals surface area contributed by atoms with Crippen LogP contribution in [-0.2, 0) is 4.79 Å². The molecule has 0 bridgehead atoms. The highest BCUT2D eigenvalue weighted by molar-refractivity contribution is 5.94. The normalized spacial score (nSPS) is 17.4. The molecule has 6 heteroatoms. The lowest BCUT2D eigenvalue weighted by atomic mass is 10.1. The molecule has 1 saturated heterocycles. The van der Waals surface area contributed by atoms with Crippen molar-refractivity contribution in [2.45, 2.75) is 32.2 Å². The van der Waals surface area contributed by atoms with Gasteiger partial charge >= 0.3 is 0 Å². The summed E-state index contributed by atoms with van der Waals surface area (Å²) in [5.74, 6) is 0.795. The van der Waals surface area contributed by atoms with Crippen molar-refractivity contribution in [1.82, 2.24) is 15.1 Å². The number of ether oxygens (including phenoxy) is 1. The molecule has 1 fully saturated rings. The van der Waals surface area contributed by atoms with E-state index < -0.39 is 0 Å². The lowest BCUT2D eigenvalue weighted by Crippen LogP contribution is -2.43. The lowest BCUT2D eigenvalue weighted by Gasteiger charge is -2.26. The fourth-order valence-electron chi connectivity index (χ4n) is 3.22. The first kappa shape index (κ1) is 19.2. The molecule has 2 rings (SSSR count). The first-order valence-corrected chi connectivity index (χ1v) is 8.82. The Morgan fingerprint density at radius 1 is 1.36 bits per heavy atom. The fourth-order valence-corrected chi connectivity index (χ4v) is 3.22. The van der Waals surface area contributed by atoms with Crippen LogP contribution in [0, 0.1) is 6.92 Å². The second-order valence-electron chi connectivity index (χ2n) is 6.72. The molecule has 0 spiro atoms. The van der Waals surface area contributed by atoms with E-state index in [1.165, 1.54) is 0 Å². The van der Waals surface area contributed by atoms with Gasteiger partial charge in [-0.25, -0.2) is 0 Å². The SMILES string of the molecule is COc1cc(C(=O)NCCCN2CCC[C@@H]2C(=O)N(C)C)ccc1C. The second-order valence-corrected chi connectivity index (χ2v) is 6.72. The van der Waals surface area contributed by atoms with Gasteiger partial charge in [0, 0.05) is 32.7 Å². The summed E-state index contributed by atoms with van der Waals surface area (Å²) in [6, 6.07) is 5.44. The molecule has 1 N–H and O–H groups in total. The first-order valence-electron chi connectivity index (χ1n) is 8.82. The summed E-state index contributed by atoms with van der Waals surface area (Å²) in [7, 11) is 5.20. The number of nitrogens with one attached hydrogen (secondary N) is 1. The quantitative estimate of drug-likeness (QED) is 0.762. The summed E-state index contributed by atoms with van der Waals surface area (Å²) in [6.07, 6.45) is 2.80. The number of benzene rings is 1. The fraction of sp³-hybridized carbons (Fsp3) is 0.579. The molecule has 1 aliphatic heterocycles. The minimum atomic E-state index is -0.0966. The van der Waals surface area contributed by atoms with Gasteiger partial charge in [-0.05, 0) is 50.4 Å². The Bertz CT molecular complexity index is 616. The van der Waals surface area contributed by atoms with Crippen molar-refractivity contribution in [1.29, 1.82) is 0 Å². The maximum Gasteiger partial charge on any atom is 0.251 e. The van der Waals surface area contributed by atoms with E-state index in [9.17, 15) is 9.59 Å². The number of carbonyl (C=O) groups is 2. The van der Waals surface area contributed by atoms with Crippen LogP contribution in [0.25, 0.3) is 0 Å². The molecule has 0 unspecified atom stereocenters. The number of aryl methyl sites for hydroxylation is 1. The van der Waals surface area contributed by atoms with Gasteiger partial charge in [0.1, 0.15) is 5.75 Å². The molecule has 1 heterocycles. The Morgan fingerprint density at radius 3 is 2.80 bits per heavy atom. The van der Waals surface area contributed by atoms with E-state index in [0.717, 1.165) is 43.7 Å². The van der Waals surface area contributed by atoms with Crippen LogP contribution in [-0.4, -0.2) is 68.5 Å². The van der Waals surface area contributed by atoms with Gasteiger partial charge in [-0.15, -0.1) is 0 Å². The Morgan fingerprint density at radius 2 is 2.12 bits per heavy atom. The van der Waals surface area contributed by atoms with Gasteiger partial charge in [0.2, 0.25) is 5.91 Å². The molecule has 0 aliphatic carbocycles. The van der Waals surface area contributed by atoms with E-state index in [1.54, 1.807) is 38.2 Å². The second kappa shape index (κ2) is 8.85. The highest BCUT2D eigenvalue weighted by Gasteiger charge is 2.30. The third kappa shape index (κ3) is 4.95. The number of nitrogens with zero attached hydrogens (tertiary/aromatic N) is 2. The molecule has 6 nitrogen and oxygen atoms in total. The summed E-state index contributed by atoms with van der Waals surface area (Å²) in [5.41, 5.74) is 1.61. The maximum absolute atomic E-state index is 12.2. The van der Waals surface area contributed by atoms with Gasteiger partial charge in [-0.3, -0.25) is 14.5 Å². The van der Waals surface area contributed by atoms with Crippen molar-refractivity contribution < 1.29 is 14.3 Å². The molecular weight excluding hydrogens is 318 g/mol. The Labute approximate surface area is 150 Å². The minimum absolute atomic E-state index is 0.00735. The van der Waals surface area contributed by atoms with Gasteiger partial charge in [0.25, 0.3) is 5.91 Å². The zero-order valence-corrected chi connectivity index (χ0v) is 15.7. The average molecular weight is 347 g/mol. The number of methoxy groups -OCH3 is 1. The molecule has 0 radical (unpaired) electrons. The highest BCUT2D eigenvalue weighted by Crippen LogP contribution is 2.20. The molecule has 0 aromatic heterocycles. The van der Waals surface area contributed by atoms with E-state index in [0.29, 0.717) is 12.1 Å². The van der Waals surface area contributed by atoms with Crippen LogP contribution in [0.1, 0.15) is 35.2 Å². The number of hydrogen-bond donors (Lipinski definition) is 1. The van der Waals surface area contributed by atoms with Crippen molar-refractivity contribution in [3.8, 4) is 5.75 Å². The van der Waals surface area contributed by atoms with Crippen molar-refractivity contribution in [2.75, 3.05) is 40.8 Å².